The summed E-state index contributed by atoms with van der Waals surface area (Å²) >= 11 is 1.90. The van der Waals surface area contributed by atoms with Gasteiger partial charge in [0.05, 0.1) is 10.4 Å². The molecule has 0 aliphatic rings. The summed E-state index contributed by atoms with van der Waals surface area (Å²) in [6, 6.07) is 64.4. The Morgan fingerprint density at radius 2 is 0.938 bits per heavy atom. The van der Waals surface area contributed by atoms with Crippen LogP contribution in [-0.4, -0.2) is 0 Å². The van der Waals surface area contributed by atoms with Gasteiger partial charge in [-0.1, -0.05) is 140 Å². The highest BCUT2D eigenvalue weighted by atomic mass is 32.1. The highest BCUT2D eigenvalue weighted by Crippen LogP contribution is 2.47. The highest BCUT2D eigenvalue weighted by Gasteiger charge is 2.19. The van der Waals surface area contributed by atoms with Gasteiger partial charge in [-0.3, -0.25) is 0 Å². The van der Waals surface area contributed by atoms with Gasteiger partial charge >= 0.3 is 0 Å². The van der Waals surface area contributed by atoms with E-state index < -0.39 is 0 Å². The number of para-hydroxylation sites is 1. The van der Waals surface area contributed by atoms with E-state index in [2.05, 4.69) is 181 Å². The molecule has 2 heteroatoms. The van der Waals surface area contributed by atoms with Crippen molar-refractivity contribution in [3.8, 4) is 11.1 Å². The van der Waals surface area contributed by atoms with Gasteiger partial charge in [0.15, 0.2) is 0 Å². The predicted octanol–water partition coefficient (Wildman–Crippen LogP) is 13.8. The third kappa shape index (κ3) is 4.17. The number of rotatable bonds is 4. The van der Waals surface area contributed by atoms with Gasteiger partial charge in [-0.05, 0) is 90.6 Å². The van der Waals surface area contributed by atoms with Crippen LogP contribution in [-0.2, 0) is 0 Å². The molecular formula is C46H29NS. The molecule has 9 aromatic carbocycles. The third-order valence-corrected chi connectivity index (χ3v) is 11.1. The average Bonchev–Trinajstić information content (AvgIpc) is 3.55. The van der Waals surface area contributed by atoms with Crippen LogP contribution in [0.4, 0.5) is 17.1 Å². The molecule has 0 aliphatic heterocycles. The minimum atomic E-state index is 1.13. The standard InChI is InChI=1S/C46H29NS/c1-2-14-34(15-3-1)47(43-20-10-19-40-41-28-24-31-12-5-9-18-38(31)45(41)48-46(40)43)35-25-21-32(22-26-35)42-29-33-13-6-7-16-36(33)39-27-23-30-11-4-8-17-37(30)44(39)42/h1-29H. The molecule has 10 rings (SSSR count). The Kier molecular flexibility index (Phi) is 6.12. The summed E-state index contributed by atoms with van der Waals surface area (Å²) in [4.78, 5) is 2.41. The van der Waals surface area contributed by atoms with E-state index in [1.807, 2.05) is 11.3 Å². The first-order chi connectivity index (χ1) is 23.8. The van der Waals surface area contributed by atoms with E-state index in [9.17, 15) is 0 Å². The summed E-state index contributed by atoms with van der Waals surface area (Å²) in [5.41, 5.74) is 5.94. The molecule has 0 atom stereocenters. The van der Waals surface area contributed by atoms with Gasteiger partial charge in [0.1, 0.15) is 0 Å². The van der Waals surface area contributed by atoms with Crippen molar-refractivity contribution in [3.63, 3.8) is 0 Å². The summed E-state index contributed by atoms with van der Waals surface area (Å²) in [5, 5.41) is 12.9. The number of nitrogens with zero attached hydrogens (tertiary/aromatic N) is 1. The molecule has 0 radical (unpaired) electrons. The zero-order valence-corrected chi connectivity index (χ0v) is 26.9. The molecule has 0 N–H and O–H groups in total. The number of thiophene rings is 1. The number of hydrogen-bond acceptors (Lipinski definition) is 2. The minimum Gasteiger partial charge on any atom is -0.309 e. The zero-order valence-electron chi connectivity index (χ0n) is 26.1. The normalized spacial score (nSPS) is 11.8. The van der Waals surface area contributed by atoms with Crippen molar-refractivity contribution in [2.75, 3.05) is 4.90 Å². The van der Waals surface area contributed by atoms with Crippen molar-refractivity contribution in [1.29, 1.82) is 0 Å². The smallest absolute Gasteiger partial charge is 0.0640 e. The Hall–Kier alpha value is -5.96. The maximum atomic E-state index is 2.41. The highest BCUT2D eigenvalue weighted by molar-refractivity contribution is 7.27. The van der Waals surface area contributed by atoms with Crippen molar-refractivity contribution >= 4 is 91.7 Å². The molecule has 0 fully saturated rings. The number of anilines is 3. The van der Waals surface area contributed by atoms with E-state index in [-0.39, 0.29) is 0 Å². The van der Waals surface area contributed by atoms with E-state index >= 15 is 0 Å². The number of fused-ring (bicyclic) bond motifs is 10. The van der Waals surface area contributed by atoms with Gasteiger partial charge in [0.25, 0.3) is 0 Å². The Labute approximate surface area is 282 Å². The topological polar surface area (TPSA) is 3.24 Å². The van der Waals surface area contributed by atoms with Crippen LogP contribution in [0.25, 0.3) is 74.4 Å². The fraction of sp³-hybridized carbons (Fsp3) is 0. The molecule has 1 aromatic heterocycles. The van der Waals surface area contributed by atoms with Crippen LogP contribution in [0.15, 0.2) is 176 Å². The Morgan fingerprint density at radius 1 is 0.354 bits per heavy atom. The molecule has 0 spiro atoms. The van der Waals surface area contributed by atoms with Crippen molar-refractivity contribution in [2.45, 2.75) is 0 Å². The first-order valence-electron chi connectivity index (χ1n) is 16.4. The SMILES string of the molecule is c1ccc(N(c2ccc(-c3cc4ccccc4c4ccc5ccccc5c34)cc2)c2cccc3c2sc2c4ccccc4ccc32)cc1. The summed E-state index contributed by atoms with van der Waals surface area (Å²) in [5.74, 6) is 0. The lowest BCUT2D eigenvalue weighted by Crippen LogP contribution is -2.09. The second kappa shape index (κ2) is 10.8. The van der Waals surface area contributed by atoms with Crippen LogP contribution in [0.5, 0.6) is 0 Å². The zero-order chi connectivity index (χ0) is 31.6. The largest absolute Gasteiger partial charge is 0.309 e. The number of benzene rings is 9. The Morgan fingerprint density at radius 3 is 1.73 bits per heavy atom. The lowest BCUT2D eigenvalue weighted by atomic mass is 9.90. The van der Waals surface area contributed by atoms with E-state index in [0.29, 0.717) is 0 Å². The quantitative estimate of drug-likeness (QED) is 0.176. The lowest BCUT2D eigenvalue weighted by molar-refractivity contribution is 1.30. The van der Waals surface area contributed by atoms with Crippen LogP contribution < -0.4 is 4.90 Å². The monoisotopic (exact) mass is 627 g/mol. The van der Waals surface area contributed by atoms with Crippen molar-refractivity contribution in [1.82, 2.24) is 0 Å². The molecule has 0 saturated carbocycles. The second-order valence-corrected chi connectivity index (χ2v) is 13.5. The van der Waals surface area contributed by atoms with E-state index in [1.165, 1.54) is 80.1 Å². The average molecular weight is 628 g/mol. The molecule has 224 valence electrons. The van der Waals surface area contributed by atoms with Crippen molar-refractivity contribution in [3.05, 3.63) is 176 Å². The third-order valence-electron chi connectivity index (χ3n) is 9.81. The van der Waals surface area contributed by atoms with Crippen LogP contribution in [0, 0.1) is 0 Å². The molecule has 0 bridgehead atoms. The molecule has 0 amide bonds. The second-order valence-electron chi connectivity index (χ2n) is 12.5. The van der Waals surface area contributed by atoms with Gasteiger partial charge in [-0.15, -0.1) is 11.3 Å². The Balaban J connectivity index is 1.18. The van der Waals surface area contributed by atoms with Crippen LogP contribution >= 0.6 is 11.3 Å². The molecule has 0 aliphatic carbocycles. The van der Waals surface area contributed by atoms with E-state index in [0.717, 1.165) is 11.4 Å². The molecule has 1 heterocycles. The predicted molar refractivity (Wildman–Crippen MR) is 209 cm³/mol. The summed E-state index contributed by atoms with van der Waals surface area (Å²) in [6.45, 7) is 0. The molecule has 10 aromatic rings. The molecule has 1 nitrogen and oxygen atoms in total. The molecule has 0 unspecified atom stereocenters. The van der Waals surface area contributed by atoms with Gasteiger partial charge in [0.2, 0.25) is 0 Å². The molecule has 48 heavy (non-hydrogen) atoms. The maximum absolute atomic E-state index is 2.41. The maximum Gasteiger partial charge on any atom is 0.0640 e. The summed E-state index contributed by atoms with van der Waals surface area (Å²) in [7, 11) is 0. The summed E-state index contributed by atoms with van der Waals surface area (Å²) in [6.07, 6.45) is 0. The van der Waals surface area contributed by atoms with Crippen molar-refractivity contribution in [2.24, 2.45) is 0 Å². The van der Waals surface area contributed by atoms with Gasteiger partial charge in [0, 0.05) is 26.8 Å². The lowest BCUT2D eigenvalue weighted by Gasteiger charge is -2.26. The van der Waals surface area contributed by atoms with Crippen LogP contribution in [0.1, 0.15) is 0 Å². The van der Waals surface area contributed by atoms with Gasteiger partial charge in [-0.2, -0.15) is 0 Å². The fourth-order valence-corrected chi connectivity index (χ4v) is 8.93. The molecule has 0 saturated heterocycles. The van der Waals surface area contributed by atoms with E-state index in [4.69, 9.17) is 0 Å². The first-order valence-corrected chi connectivity index (χ1v) is 17.3. The molecular weight excluding hydrogens is 599 g/mol. The van der Waals surface area contributed by atoms with Crippen LogP contribution in [0.2, 0.25) is 0 Å². The van der Waals surface area contributed by atoms with Crippen LogP contribution in [0.3, 0.4) is 0 Å². The van der Waals surface area contributed by atoms with Crippen molar-refractivity contribution < 1.29 is 0 Å². The summed E-state index contributed by atoms with van der Waals surface area (Å²) < 4.78 is 2.64. The Bertz CT molecular complexity index is 2830. The fourth-order valence-electron chi connectivity index (χ4n) is 7.59. The van der Waals surface area contributed by atoms with Gasteiger partial charge in [-0.25, -0.2) is 0 Å². The van der Waals surface area contributed by atoms with Gasteiger partial charge < -0.3 is 4.90 Å². The minimum absolute atomic E-state index is 1.13. The number of hydrogen-bond donors (Lipinski definition) is 0. The van der Waals surface area contributed by atoms with E-state index in [1.54, 1.807) is 0 Å². The first kappa shape index (κ1) is 27.2.